The van der Waals surface area contributed by atoms with Gasteiger partial charge in [0.15, 0.2) is 17.6 Å². The smallest absolute Gasteiger partial charge is 0.339 e. The molecule has 1 atom stereocenters. The van der Waals surface area contributed by atoms with Crippen molar-refractivity contribution in [2.75, 3.05) is 30.1 Å². The average Bonchev–Trinajstić information content (AvgIpc) is 3.27. The maximum atomic E-state index is 12.6. The zero-order chi connectivity index (χ0) is 23.5. The number of nitro benzene ring substituents is 1. The summed E-state index contributed by atoms with van der Waals surface area (Å²) in [5.41, 5.74) is 0.801. The van der Waals surface area contributed by atoms with Gasteiger partial charge in [0.1, 0.15) is 5.69 Å². The first-order valence-electron chi connectivity index (χ1n) is 10.8. The van der Waals surface area contributed by atoms with Crippen molar-refractivity contribution in [1.82, 2.24) is 0 Å². The van der Waals surface area contributed by atoms with E-state index in [2.05, 4.69) is 12.2 Å². The Bertz CT molecular complexity index is 1080. The number of carbonyl (C=O) groups is 2. The predicted molar refractivity (Wildman–Crippen MR) is 120 cm³/mol. The van der Waals surface area contributed by atoms with Gasteiger partial charge in [-0.15, -0.1) is 0 Å². The van der Waals surface area contributed by atoms with Crippen molar-refractivity contribution in [3.8, 4) is 11.5 Å². The zero-order valence-corrected chi connectivity index (χ0v) is 18.4. The SMILES string of the molecule is CC1CCN(c2ccc(C(=O)OC(C)C(=O)Nc3ccc4c(c3)OCO4)cc2[N+](=O)[O-])CC1. The van der Waals surface area contributed by atoms with Crippen LogP contribution in [0.15, 0.2) is 36.4 Å². The van der Waals surface area contributed by atoms with Gasteiger partial charge in [-0.2, -0.15) is 0 Å². The number of rotatable bonds is 6. The van der Waals surface area contributed by atoms with E-state index < -0.39 is 22.9 Å². The zero-order valence-electron chi connectivity index (χ0n) is 18.4. The summed E-state index contributed by atoms with van der Waals surface area (Å²) in [4.78, 5) is 38.2. The molecule has 174 valence electrons. The third kappa shape index (κ3) is 5.00. The fourth-order valence-electron chi connectivity index (χ4n) is 3.81. The monoisotopic (exact) mass is 455 g/mol. The molecule has 1 saturated heterocycles. The highest BCUT2D eigenvalue weighted by atomic mass is 16.7. The molecule has 2 heterocycles. The molecule has 1 amide bonds. The maximum absolute atomic E-state index is 12.6. The number of fused-ring (bicyclic) bond motifs is 1. The molecule has 0 bridgehead atoms. The van der Waals surface area contributed by atoms with Crippen LogP contribution < -0.4 is 19.7 Å². The summed E-state index contributed by atoms with van der Waals surface area (Å²) in [5.74, 6) is 0.311. The molecule has 0 saturated carbocycles. The van der Waals surface area contributed by atoms with Crippen molar-refractivity contribution in [2.45, 2.75) is 32.8 Å². The summed E-state index contributed by atoms with van der Waals surface area (Å²) in [7, 11) is 0. The van der Waals surface area contributed by atoms with Crippen LogP contribution in [-0.4, -0.2) is 42.8 Å². The van der Waals surface area contributed by atoms with Crippen molar-refractivity contribution in [3.05, 3.63) is 52.1 Å². The highest BCUT2D eigenvalue weighted by Gasteiger charge is 2.26. The van der Waals surface area contributed by atoms with E-state index in [1.807, 2.05) is 4.90 Å². The molecule has 4 rings (SSSR count). The number of nitro groups is 1. The first-order valence-corrected chi connectivity index (χ1v) is 10.8. The third-order valence-corrected chi connectivity index (χ3v) is 5.83. The van der Waals surface area contributed by atoms with Gasteiger partial charge in [0, 0.05) is 30.9 Å². The average molecular weight is 455 g/mol. The quantitative estimate of drug-likeness (QED) is 0.397. The minimum atomic E-state index is -1.12. The van der Waals surface area contributed by atoms with Gasteiger partial charge in [-0.3, -0.25) is 14.9 Å². The second-order valence-corrected chi connectivity index (χ2v) is 8.24. The molecule has 10 nitrogen and oxygen atoms in total. The van der Waals surface area contributed by atoms with Gasteiger partial charge in [-0.1, -0.05) is 6.92 Å². The van der Waals surface area contributed by atoms with E-state index in [0.717, 1.165) is 25.9 Å². The van der Waals surface area contributed by atoms with E-state index in [1.165, 1.54) is 19.1 Å². The van der Waals surface area contributed by atoms with Crippen LogP contribution in [-0.2, 0) is 9.53 Å². The van der Waals surface area contributed by atoms with E-state index in [9.17, 15) is 19.7 Å². The van der Waals surface area contributed by atoms with E-state index in [0.29, 0.717) is 28.8 Å². The lowest BCUT2D eigenvalue weighted by molar-refractivity contribution is -0.384. The maximum Gasteiger partial charge on any atom is 0.339 e. The number of carbonyl (C=O) groups excluding carboxylic acids is 2. The molecule has 0 spiro atoms. The molecule has 1 unspecified atom stereocenters. The van der Waals surface area contributed by atoms with E-state index in [4.69, 9.17) is 14.2 Å². The Morgan fingerprint density at radius 2 is 1.88 bits per heavy atom. The number of hydrogen-bond donors (Lipinski definition) is 1. The Morgan fingerprint density at radius 1 is 1.15 bits per heavy atom. The Morgan fingerprint density at radius 3 is 2.61 bits per heavy atom. The first kappa shape index (κ1) is 22.4. The minimum Gasteiger partial charge on any atom is -0.454 e. The molecule has 0 aliphatic carbocycles. The summed E-state index contributed by atoms with van der Waals surface area (Å²) in [6.07, 6.45) is 0.790. The van der Waals surface area contributed by atoms with Crippen LogP contribution in [0.25, 0.3) is 0 Å². The van der Waals surface area contributed by atoms with Crippen molar-refractivity contribution in [1.29, 1.82) is 0 Å². The molecule has 10 heteroatoms. The second kappa shape index (κ2) is 9.35. The van der Waals surface area contributed by atoms with E-state index >= 15 is 0 Å². The lowest BCUT2D eigenvalue weighted by atomic mass is 9.98. The van der Waals surface area contributed by atoms with Crippen molar-refractivity contribution in [3.63, 3.8) is 0 Å². The second-order valence-electron chi connectivity index (χ2n) is 8.24. The highest BCUT2D eigenvalue weighted by Crippen LogP contribution is 2.35. The summed E-state index contributed by atoms with van der Waals surface area (Å²) < 4.78 is 15.8. The Labute approximate surface area is 190 Å². The van der Waals surface area contributed by atoms with Crippen molar-refractivity contribution >= 4 is 28.9 Å². The number of amides is 1. The molecule has 2 aromatic rings. The highest BCUT2D eigenvalue weighted by molar-refractivity contribution is 5.98. The number of hydrogen-bond acceptors (Lipinski definition) is 8. The molecule has 2 aliphatic rings. The fraction of sp³-hybridized carbons (Fsp3) is 0.391. The summed E-state index contributed by atoms with van der Waals surface area (Å²) in [6.45, 7) is 5.15. The molecular weight excluding hydrogens is 430 g/mol. The van der Waals surface area contributed by atoms with Crippen LogP contribution in [0.1, 0.15) is 37.0 Å². The van der Waals surface area contributed by atoms with E-state index in [1.54, 1.807) is 24.3 Å². The number of esters is 1. The van der Waals surface area contributed by atoms with E-state index in [-0.39, 0.29) is 18.0 Å². The van der Waals surface area contributed by atoms with Crippen LogP contribution in [0.3, 0.4) is 0 Å². The number of nitrogens with one attached hydrogen (secondary N) is 1. The van der Waals surface area contributed by atoms with Crippen molar-refractivity contribution < 1.29 is 28.7 Å². The Hall–Kier alpha value is -3.82. The molecule has 1 N–H and O–H groups in total. The number of benzene rings is 2. The molecule has 2 aliphatic heterocycles. The van der Waals surface area contributed by atoms with Gasteiger partial charge in [0.2, 0.25) is 6.79 Å². The van der Waals surface area contributed by atoms with Crippen LogP contribution in [0.2, 0.25) is 0 Å². The van der Waals surface area contributed by atoms with Crippen LogP contribution in [0, 0.1) is 16.0 Å². The van der Waals surface area contributed by atoms with Gasteiger partial charge in [-0.05, 0) is 49.9 Å². The molecule has 0 radical (unpaired) electrons. The molecule has 0 aromatic heterocycles. The van der Waals surface area contributed by atoms with Crippen LogP contribution in [0.5, 0.6) is 11.5 Å². The van der Waals surface area contributed by atoms with Gasteiger partial charge < -0.3 is 24.4 Å². The normalized spacial score (nSPS) is 16.2. The van der Waals surface area contributed by atoms with Gasteiger partial charge in [0.25, 0.3) is 11.6 Å². The first-order chi connectivity index (χ1) is 15.8. The lowest BCUT2D eigenvalue weighted by Crippen LogP contribution is -2.33. The standard InChI is InChI=1S/C23H25N3O7/c1-14-7-9-25(10-8-14)18-5-3-16(11-19(18)26(29)30)23(28)33-15(2)22(27)24-17-4-6-20-21(12-17)32-13-31-20/h3-6,11-12,14-15H,7-10,13H2,1-2H3,(H,24,27). The summed E-state index contributed by atoms with van der Waals surface area (Å²) in [5, 5.41) is 14.3. The largest absolute Gasteiger partial charge is 0.454 e. The van der Waals surface area contributed by atoms with Gasteiger partial charge >= 0.3 is 5.97 Å². The molecule has 1 fully saturated rings. The summed E-state index contributed by atoms with van der Waals surface area (Å²) in [6, 6.07) is 9.19. The molecule has 2 aromatic carbocycles. The Kier molecular flexibility index (Phi) is 6.34. The van der Waals surface area contributed by atoms with Gasteiger partial charge in [0.05, 0.1) is 10.5 Å². The molecule has 33 heavy (non-hydrogen) atoms. The number of nitrogens with zero attached hydrogens (tertiary/aromatic N) is 2. The predicted octanol–water partition coefficient (Wildman–Crippen LogP) is 3.74. The van der Waals surface area contributed by atoms with Gasteiger partial charge in [-0.25, -0.2) is 4.79 Å². The Balaban J connectivity index is 1.42. The number of anilines is 2. The number of ether oxygens (including phenoxy) is 3. The lowest BCUT2D eigenvalue weighted by Gasteiger charge is -2.31. The van der Waals surface area contributed by atoms with Crippen LogP contribution >= 0.6 is 0 Å². The van der Waals surface area contributed by atoms with Crippen molar-refractivity contribution in [2.24, 2.45) is 5.92 Å². The minimum absolute atomic E-state index is 0.0126. The molecular formula is C23H25N3O7. The summed E-state index contributed by atoms with van der Waals surface area (Å²) >= 11 is 0. The number of piperidine rings is 1. The van der Waals surface area contributed by atoms with Crippen LogP contribution in [0.4, 0.5) is 17.1 Å². The topological polar surface area (TPSA) is 120 Å². The fourth-order valence-corrected chi connectivity index (χ4v) is 3.81. The third-order valence-electron chi connectivity index (χ3n) is 5.83.